The van der Waals surface area contributed by atoms with Gasteiger partial charge in [0.25, 0.3) is 5.91 Å². The number of nitrogens with two attached hydrogens (primary N) is 1. The summed E-state index contributed by atoms with van der Waals surface area (Å²) in [6, 6.07) is 18.1. The molecular formula is C24H27N5O2S. The number of hydrazine groups is 2. The van der Waals surface area contributed by atoms with Crippen LogP contribution in [0.4, 0.5) is 5.69 Å². The maximum Gasteiger partial charge on any atom is 0.252 e. The van der Waals surface area contributed by atoms with Gasteiger partial charge in [0, 0.05) is 18.1 Å². The average molecular weight is 450 g/mol. The van der Waals surface area contributed by atoms with Gasteiger partial charge in [-0.1, -0.05) is 48.5 Å². The van der Waals surface area contributed by atoms with Gasteiger partial charge in [-0.15, -0.1) is 0 Å². The number of rotatable bonds is 9. The van der Waals surface area contributed by atoms with Crippen LogP contribution in [0, 0.1) is 0 Å². The van der Waals surface area contributed by atoms with Crippen molar-refractivity contribution in [1.82, 2.24) is 15.9 Å². The lowest BCUT2D eigenvalue weighted by atomic mass is 9.93. The highest BCUT2D eigenvalue weighted by atomic mass is 32.2. The van der Waals surface area contributed by atoms with Crippen molar-refractivity contribution in [2.24, 2.45) is 5.84 Å². The summed E-state index contributed by atoms with van der Waals surface area (Å²) < 4.78 is 0. The minimum absolute atomic E-state index is 0.0583. The molecule has 32 heavy (non-hydrogen) atoms. The first kappa shape index (κ1) is 22.3. The zero-order valence-corrected chi connectivity index (χ0v) is 19.0. The molecule has 7 nitrogen and oxygen atoms in total. The number of carbonyl (C=O) groups is 2. The van der Waals surface area contributed by atoms with Crippen LogP contribution in [-0.4, -0.2) is 48.5 Å². The van der Waals surface area contributed by atoms with Crippen LogP contribution < -0.4 is 22.0 Å². The van der Waals surface area contributed by atoms with Crippen LogP contribution in [0.25, 0.3) is 32.3 Å². The van der Waals surface area contributed by atoms with E-state index in [0.29, 0.717) is 6.42 Å². The third-order valence-electron chi connectivity index (χ3n) is 5.65. The summed E-state index contributed by atoms with van der Waals surface area (Å²) in [5, 5.41) is 11.2. The van der Waals surface area contributed by atoms with E-state index < -0.39 is 6.04 Å². The minimum Gasteiger partial charge on any atom is -0.324 e. The summed E-state index contributed by atoms with van der Waals surface area (Å²) in [6.45, 7) is -0.0583. The molecule has 0 aromatic heterocycles. The number of anilines is 1. The number of hydrogen-bond acceptors (Lipinski definition) is 6. The SMILES string of the molecule is CSCCC(C(=O)NNCC(=O)Nc1ccc2ccc3cccc4ccc1c2c34)N(C)N. The van der Waals surface area contributed by atoms with E-state index in [0.717, 1.165) is 27.6 Å². The third kappa shape index (κ3) is 4.49. The molecule has 0 saturated carbocycles. The molecular weight excluding hydrogens is 422 g/mol. The highest BCUT2D eigenvalue weighted by Crippen LogP contribution is 2.37. The van der Waals surface area contributed by atoms with E-state index in [1.807, 2.05) is 24.5 Å². The number of likely N-dealkylation sites (N-methyl/N-ethyl adjacent to an activating group) is 1. The van der Waals surface area contributed by atoms with Gasteiger partial charge in [0.05, 0.1) is 6.54 Å². The number of hydrogen-bond donors (Lipinski definition) is 4. The summed E-state index contributed by atoms with van der Waals surface area (Å²) in [6.07, 6.45) is 2.60. The molecule has 1 atom stereocenters. The zero-order valence-electron chi connectivity index (χ0n) is 18.1. The Labute approximate surface area is 191 Å². The molecule has 166 valence electrons. The van der Waals surface area contributed by atoms with Crippen LogP contribution in [0.5, 0.6) is 0 Å². The standard InChI is InChI=1S/C24H27N5O2S/c1-29(25)20(12-13-32-2)24(31)28-26-14-21(30)27-19-11-9-17-7-6-15-4-3-5-16-8-10-18(19)23(17)22(15)16/h3-11,20,26H,12-14,25H2,1-2H3,(H,27,30)(H,28,31). The number of thioether (sulfide) groups is 1. The molecule has 0 radical (unpaired) electrons. The third-order valence-corrected chi connectivity index (χ3v) is 6.30. The Kier molecular flexibility index (Phi) is 6.76. The van der Waals surface area contributed by atoms with Crippen molar-refractivity contribution in [2.45, 2.75) is 12.5 Å². The fraction of sp³-hybridized carbons (Fsp3) is 0.250. The summed E-state index contributed by atoms with van der Waals surface area (Å²) in [7, 11) is 1.66. The Balaban J connectivity index is 1.45. The molecule has 0 aliphatic carbocycles. The topological polar surface area (TPSA) is 99.5 Å². The van der Waals surface area contributed by atoms with E-state index in [2.05, 4.69) is 52.6 Å². The van der Waals surface area contributed by atoms with Gasteiger partial charge in [-0.25, -0.2) is 10.4 Å². The van der Waals surface area contributed by atoms with Gasteiger partial charge in [0.1, 0.15) is 6.04 Å². The van der Waals surface area contributed by atoms with Crippen molar-refractivity contribution in [3.8, 4) is 0 Å². The largest absolute Gasteiger partial charge is 0.324 e. The quantitative estimate of drug-likeness (QED) is 0.178. The maximum absolute atomic E-state index is 12.6. The highest BCUT2D eigenvalue weighted by molar-refractivity contribution is 7.98. The molecule has 0 spiro atoms. The lowest BCUT2D eigenvalue weighted by molar-refractivity contribution is -0.127. The molecule has 4 aromatic carbocycles. The lowest BCUT2D eigenvalue weighted by Crippen LogP contribution is -2.53. The van der Waals surface area contributed by atoms with Crippen LogP contribution >= 0.6 is 11.8 Å². The number of carbonyl (C=O) groups excluding carboxylic acids is 2. The zero-order chi connectivity index (χ0) is 22.7. The Hall–Kier alpha value is -2.91. The lowest BCUT2D eigenvalue weighted by Gasteiger charge is -2.22. The Bertz CT molecular complexity index is 1240. The smallest absolute Gasteiger partial charge is 0.252 e. The van der Waals surface area contributed by atoms with Crippen LogP contribution in [0.2, 0.25) is 0 Å². The second-order valence-electron chi connectivity index (χ2n) is 7.82. The second kappa shape index (κ2) is 9.70. The monoisotopic (exact) mass is 449 g/mol. The first-order valence-corrected chi connectivity index (χ1v) is 11.8. The van der Waals surface area contributed by atoms with Crippen molar-refractivity contribution in [3.05, 3.63) is 54.6 Å². The van der Waals surface area contributed by atoms with Crippen LogP contribution in [-0.2, 0) is 9.59 Å². The number of nitrogens with zero attached hydrogens (tertiary/aromatic N) is 1. The van der Waals surface area contributed by atoms with E-state index in [1.165, 1.54) is 21.2 Å². The first-order valence-electron chi connectivity index (χ1n) is 10.4. The fourth-order valence-corrected chi connectivity index (χ4v) is 4.54. The molecule has 0 heterocycles. The predicted molar refractivity (Wildman–Crippen MR) is 134 cm³/mol. The van der Waals surface area contributed by atoms with Crippen LogP contribution in [0.1, 0.15) is 6.42 Å². The Morgan fingerprint density at radius 1 is 1.00 bits per heavy atom. The van der Waals surface area contributed by atoms with E-state index in [-0.39, 0.29) is 18.4 Å². The first-order chi connectivity index (χ1) is 15.5. The Morgan fingerprint density at radius 2 is 1.66 bits per heavy atom. The molecule has 0 saturated heterocycles. The summed E-state index contributed by atoms with van der Waals surface area (Å²) in [4.78, 5) is 24.9. The maximum atomic E-state index is 12.6. The van der Waals surface area contributed by atoms with Gasteiger partial charge in [0.2, 0.25) is 5.91 Å². The van der Waals surface area contributed by atoms with Crippen molar-refractivity contribution < 1.29 is 9.59 Å². The number of nitrogens with one attached hydrogen (secondary N) is 3. The molecule has 0 aliphatic rings. The average Bonchev–Trinajstić information content (AvgIpc) is 2.78. The van der Waals surface area contributed by atoms with Gasteiger partial charge in [0.15, 0.2) is 0 Å². The Morgan fingerprint density at radius 3 is 2.34 bits per heavy atom. The molecule has 5 N–H and O–H groups in total. The molecule has 0 aliphatic heterocycles. The molecule has 8 heteroatoms. The summed E-state index contributed by atoms with van der Waals surface area (Å²) in [5.74, 6) is 6.09. The van der Waals surface area contributed by atoms with Gasteiger partial charge in [-0.05, 0) is 51.4 Å². The predicted octanol–water partition coefficient (Wildman–Crippen LogP) is 3.07. The van der Waals surface area contributed by atoms with E-state index in [1.54, 1.807) is 18.8 Å². The van der Waals surface area contributed by atoms with Crippen LogP contribution in [0.15, 0.2) is 54.6 Å². The summed E-state index contributed by atoms with van der Waals surface area (Å²) >= 11 is 1.65. The number of benzene rings is 4. The van der Waals surface area contributed by atoms with Crippen molar-refractivity contribution in [1.29, 1.82) is 0 Å². The number of amides is 2. The molecule has 4 rings (SSSR count). The molecule has 2 amide bonds. The van der Waals surface area contributed by atoms with Crippen molar-refractivity contribution in [2.75, 3.05) is 30.9 Å². The minimum atomic E-state index is -0.462. The molecule has 0 bridgehead atoms. The second-order valence-corrected chi connectivity index (χ2v) is 8.81. The summed E-state index contributed by atoms with van der Waals surface area (Å²) in [5.41, 5.74) is 6.05. The van der Waals surface area contributed by atoms with Gasteiger partial charge in [-0.3, -0.25) is 20.9 Å². The van der Waals surface area contributed by atoms with E-state index in [9.17, 15) is 9.59 Å². The fourth-order valence-electron chi connectivity index (χ4n) is 4.08. The van der Waals surface area contributed by atoms with Crippen molar-refractivity contribution >= 4 is 61.6 Å². The van der Waals surface area contributed by atoms with Gasteiger partial charge in [-0.2, -0.15) is 11.8 Å². The molecule has 0 fully saturated rings. The van der Waals surface area contributed by atoms with Gasteiger partial charge >= 0.3 is 0 Å². The molecule has 4 aromatic rings. The van der Waals surface area contributed by atoms with E-state index >= 15 is 0 Å². The highest BCUT2D eigenvalue weighted by Gasteiger charge is 2.21. The van der Waals surface area contributed by atoms with Crippen LogP contribution in [0.3, 0.4) is 0 Å². The van der Waals surface area contributed by atoms with Crippen molar-refractivity contribution in [3.63, 3.8) is 0 Å². The van der Waals surface area contributed by atoms with E-state index in [4.69, 9.17) is 5.84 Å². The van der Waals surface area contributed by atoms with Gasteiger partial charge < -0.3 is 5.32 Å². The normalized spacial score (nSPS) is 12.6. The molecule has 1 unspecified atom stereocenters.